The first-order valence-electron chi connectivity index (χ1n) is 14.4. The summed E-state index contributed by atoms with van der Waals surface area (Å²) in [6, 6.07) is -0.473. The smallest absolute Gasteiger partial charge is 0.410 e. The molecule has 1 N–H and O–H groups in total. The summed E-state index contributed by atoms with van der Waals surface area (Å²) < 4.78 is 16.0. The van der Waals surface area contributed by atoms with Crippen LogP contribution >= 0.6 is 0 Å². The van der Waals surface area contributed by atoms with Crippen LogP contribution in [0, 0.1) is 11.3 Å². The number of ether oxygens (including phenoxy) is 3. The summed E-state index contributed by atoms with van der Waals surface area (Å²) in [5, 5.41) is 3.31. The summed E-state index contributed by atoms with van der Waals surface area (Å²) >= 11 is 0. The SMILES string of the molecule is COCCCNc1nc(C(C)(C)C)ncc1C(=O)N(CC(C)C)[C@@H]1CN(C(=O)OC(C)(C)C)CC(C)(C(=O)OC)C1. The molecule has 2 atom stereocenters. The van der Waals surface area contributed by atoms with E-state index in [9.17, 15) is 14.4 Å². The molecule has 232 valence electrons. The zero-order chi connectivity index (χ0) is 31.2. The summed E-state index contributed by atoms with van der Waals surface area (Å²) in [4.78, 5) is 53.1. The van der Waals surface area contributed by atoms with Crippen LogP contribution in [-0.4, -0.2) is 96.4 Å². The second-order valence-corrected chi connectivity index (χ2v) is 13.6. The van der Waals surface area contributed by atoms with Crippen LogP contribution in [0.4, 0.5) is 10.6 Å². The highest BCUT2D eigenvalue weighted by atomic mass is 16.6. The Morgan fingerprint density at radius 3 is 2.37 bits per heavy atom. The number of carbonyl (C=O) groups excluding carboxylic acids is 3. The van der Waals surface area contributed by atoms with E-state index in [1.54, 1.807) is 45.9 Å². The van der Waals surface area contributed by atoms with Crippen LogP contribution in [-0.2, 0) is 24.4 Å². The van der Waals surface area contributed by atoms with E-state index in [0.29, 0.717) is 43.3 Å². The van der Waals surface area contributed by atoms with Crippen LogP contribution in [0.1, 0.15) is 91.3 Å². The average Bonchev–Trinajstić information content (AvgIpc) is 2.86. The largest absolute Gasteiger partial charge is 0.469 e. The Balaban J connectivity index is 2.55. The van der Waals surface area contributed by atoms with Gasteiger partial charge in [0.15, 0.2) is 0 Å². The Bertz CT molecular complexity index is 1060. The van der Waals surface area contributed by atoms with Gasteiger partial charge in [0.05, 0.1) is 18.6 Å². The molecule has 1 aliphatic rings. The maximum atomic E-state index is 14.3. The normalized spacial score (nSPS) is 19.6. The predicted molar refractivity (Wildman–Crippen MR) is 158 cm³/mol. The lowest BCUT2D eigenvalue weighted by molar-refractivity contribution is -0.156. The number of esters is 1. The van der Waals surface area contributed by atoms with E-state index in [2.05, 4.69) is 10.3 Å². The first-order valence-corrected chi connectivity index (χ1v) is 14.4. The van der Waals surface area contributed by atoms with Gasteiger partial charge in [-0.2, -0.15) is 0 Å². The van der Waals surface area contributed by atoms with Gasteiger partial charge in [-0.3, -0.25) is 9.59 Å². The van der Waals surface area contributed by atoms with E-state index in [-0.39, 0.29) is 30.3 Å². The molecule has 0 aliphatic carbocycles. The maximum absolute atomic E-state index is 14.3. The third-order valence-corrected chi connectivity index (χ3v) is 6.76. The number of piperidine rings is 1. The van der Waals surface area contributed by atoms with Gasteiger partial charge in [0.2, 0.25) is 0 Å². The van der Waals surface area contributed by atoms with Crippen LogP contribution in [0.15, 0.2) is 6.20 Å². The lowest BCUT2D eigenvalue weighted by Crippen LogP contribution is -2.60. The van der Waals surface area contributed by atoms with E-state index in [1.165, 1.54) is 12.0 Å². The molecule has 1 aromatic rings. The van der Waals surface area contributed by atoms with Gasteiger partial charge in [0.25, 0.3) is 5.91 Å². The van der Waals surface area contributed by atoms with Crippen molar-refractivity contribution >= 4 is 23.8 Å². The Hall–Kier alpha value is -2.95. The molecular formula is C30H51N5O6. The van der Waals surface area contributed by atoms with Gasteiger partial charge < -0.3 is 29.3 Å². The lowest BCUT2D eigenvalue weighted by atomic mass is 9.79. The van der Waals surface area contributed by atoms with Crippen molar-refractivity contribution in [2.75, 3.05) is 52.3 Å². The van der Waals surface area contributed by atoms with Crippen LogP contribution in [0.3, 0.4) is 0 Å². The minimum atomic E-state index is -1.03. The lowest BCUT2D eigenvalue weighted by Gasteiger charge is -2.46. The number of anilines is 1. The number of likely N-dealkylation sites (tertiary alicyclic amines) is 1. The Morgan fingerprint density at radius 2 is 1.83 bits per heavy atom. The highest BCUT2D eigenvalue weighted by Gasteiger charge is 2.47. The van der Waals surface area contributed by atoms with Crippen LogP contribution in [0.2, 0.25) is 0 Å². The minimum absolute atomic E-state index is 0.119. The molecule has 1 fully saturated rings. The van der Waals surface area contributed by atoms with Crippen molar-refractivity contribution in [1.82, 2.24) is 19.8 Å². The fourth-order valence-electron chi connectivity index (χ4n) is 4.86. The molecule has 0 spiro atoms. The summed E-state index contributed by atoms with van der Waals surface area (Å²) in [5.74, 6) is 0.483. The molecule has 2 amide bonds. The molecule has 1 aromatic heterocycles. The van der Waals surface area contributed by atoms with Gasteiger partial charge in [-0.15, -0.1) is 0 Å². The number of nitrogens with zero attached hydrogens (tertiary/aromatic N) is 4. The molecule has 2 heterocycles. The van der Waals surface area contributed by atoms with Gasteiger partial charge in [0, 0.05) is 51.5 Å². The number of carbonyl (C=O) groups is 3. The highest BCUT2D eigenvalue weighted by Crippen LogP contribution is 2.35. The van der Waals surface area contributed by atoms with Crippen LogP contribution in [0.5, 0.6) is 0 Å². The van der Waals surface area contributed by atoms with E-state index >= 15 is 0 Å². The fraction of sp³-hybridized carbons (Fsp3) is 0.767. The third kappa shape index (κ3) is 9.55. The van der Waals surface area contributed by atoms with Gasteiger partial charge >= 0.3 is 12.1 Å². The van der Waals surface area contributed by atoms with Gasteiger partial charge in [0.1, 0.15) is 22.8 Å². The first kappa shape index (κ1) is 34.3. The quantitative estimate of drug-likeness (QED) is 0.316. The Morgan fingerprint density at radius 1 is 1.17 bits per heavy atom. The Kier molecular flexibility index (Phi) is 11.5. The molecule has 11 heteroatoms. The molecule has 0 radical (unpaired) electrons. The van der Waals surface area contributed by atoms with E-state index in [4.69, 9.17) is 19.2 Å². The second-order valence-electron chi connectivity index (χ2n) is 13.6. The van der Waals surface area contributed by atoms with Gasteiger partial charge in [-0.05, 0) is 46.5 Å². The highest BCUT2D eigenvalue weighted by molar-refractivity contribution is 5.98. The summed E-state index contributed by atoms with van der Waals surface area (Å²) in [5.41, 5.74) is -1.72. The number of hydrogen-bond donors (Lipinski definition) is 1. The summed E-state index contributed by atoms with van der Waals surface area (Å²) in [7, 11) is 2.98. The fourth-order valence-corrected chi connectivity index (χ4v) is 4.86. The molecule has 1 unspecified atom stereocenters. The minimum Gasteiger partial charge on any atom is -0.469 e. The first-order chi connectivity index (χ1) is 18.9. The predicted octanol–water partition coefficient (Wildman–Crippen LogP) is 4.51. The zero-order valence-corrected chi connectivity index (χ0v) is 26.9. The number of rotatable bonds is 10. The van der Waals surface area contributed by atoms with Gasteiger partial charge in [-0.25, -0.2) is 14.8 Å². The summed E-state index contributed by atoms with van der Waals surface area (Å²) in [6.45, 7) is 19.2. The van der Waals surface area contributed by atoms with Crippen molar-refractivity contribution in [2.45, 2.75) is 92.2 Å². The average molecular weight is 578 g/mol. The van der Waals surface area contributed by atoms with Crippen molar-refractivity contribution in [2.24, 2.45) is 11.3 Å². The molecule has 0 saturated carbocycles. The van der Waals surface area contributed by atoms with Gasteiger partial charge in [-0.1, -0.05) is 34.6 Å². The molecule has 0 bridgehead atoms. The van der Waals surface area contributed by atoms with Crippen molar-refractivity contribution in [3.05, 3.63) is 17.6 Å². The molecular weight excluding hydrogens is 526 g/mol. The number of nitrogens with one attached hydrogen (secondary N) is 1. The summed E-state index contributed by atoms with van der Waals surface area (Å²) in [6.07, 6.45) is 2.11. The molecule has 11 nitrogen and oxygen atoms in total. The molecule has 41 heavy (non-hydrogen) atoms. The monoisotopic (exact) mass is 577 g/mol. The van der Waals surface area contributed by atoms with Crippen molar-refractivity contribution in [1.29, 1.82) is 0 Å². The Labute approximate surface area is 245 Å². The number of hydrogen-bond acceptors (Lipinski definition) is 9. The molecule has 1 saturated heterocycles. The van der Waals surface area contributed by atoms with E-state index in [1.807, 2.05) is 34.6 Å². The topological polar surface area (TPSA) is 123 Å². The van der Waals surface area contributed by atoms with Crippen molar-refractivity contribution in [3.8, 4) is 0 Å². The second kappa shape index (κ2) is 13.8. The molecule has 1 aliphatic heterocycles. The third-order valence-electron chi connectivity index (χ3n) is 6.76. The number of methoxy groups -OCH3 is 2. The van der Waals surface area contributed by atoms with Crippen molar-refractivity contribution < 1.29 is 28.6 Å². The van der Waals surface area contributed by atoms with Crippen LogP contribution < -0.4 is 5.32 Å². The van der Waals surface area contributed by atoms with Crippen LogP contribution in [0.25, 0.3) is 0 Å². The van der Waals surface area contributed by atoms with E-state index < -0.39 is 29.1 Å². The number of amides is 2. The molecule has 2 rings (SSSR count). The standard InChI is InChI=1S/C30H51N5O6/c1-20(2)17-35(21-15-30(9,26(37)40-11)19-34(18-21)27(38)41-29(6,7)8)24(36)22-16-32-25(28(3,4)5)33-23(22)31-13-12-14-39-10/h16,20-21H,12-15,17-19H2,1-11H3,(H,31,32,33)/t21-,30?/m0/s1. The maximum Gasteiger partial charge on any atom is 0.410 e. The van der Waals surface area contributed by atoms with E-state index in [0.717, 1.165) is 6.42 Å². The number of aromatic nitrogens is 2. The molecule has 0 aromatic carbocycles. The van der Waals surface area contributed by atoms with Crippen molar-refractivity contribution in [3.63, 3.8) is 0 Å². The zero-order valence-electron chi connectivity index (χ0n) is 26.9.